The topological polar surface area (TPSA) is 41.3 Å². The van der Waals surface area contributed by atoms with E-state index in [1.165, 1.54) is 44.6 Å². The molecule has 0 radical (unpaired) electrons. The second-order valence-corrected chi connectivity index (χ2v) is 6.30. The molecule has 1 aliphatic rings. The van der Waals surface area contributed by atoms with Crippen molar-refractivity contribution in [3.8, 4) is 0 Å². The molecular formula is C15H24BrN3. The standard InChI is InChI=1S/C15H24BrN3/c1-3-6-19-7-4-12(5-8-19)18-15-9-11(2)14(17)10-13(15)16/h9-10,12,18H,3-8,17H2,1-2H3. The fourth-order valence-electron chi connectivity index (χ4n) is 2.64. The Morgan fingerprint density at radius 3 is 2.68 bits per heavy atom. The van der Waals surface area contributed by atoms with Crippen molar-refractivity contribution in [1.29, 1.82) is 0 Å². The first-order valence-electron chi connectivity index (χ1n) is 7.14. The third-order valence-corrected chi connectivity index (χ3v) is 4.50. The maximum Gasteiger partial charge on any atom is 0.0490 e. The highest BCUT2D eigenvalue weighted by molar-refractivity contribution is 9.10. The number of rotatable bonds is 4. The molecule has 19 heavy (non-hydrogen) atoms. The van der Waals surface area contributed by atoms with Gasteiger partial charge in [0.15, 0.2) is 0 Å². The summed E-state index contributed by atoms with van der Waals surface area (Å²) in [6, 6.07) is 4.70. The van der Waals surface area contributed by atoms with Gasteiger partial charge in [0.25, 0.3) is 0 Å². The summed E-state index contributed by atoms with van der Waals surface area (Å²) in [6.45, 7) is 7.95. The van der Waals surface area contributed by atoms with Crippen LogP contribution in [0.25, 0.3) is 0 Å². The molecule has 0 spiro atoms. The molecule has 0 unspecified atom stereocenters. The maximum atomic E-state index is 5.91. The van der Waals surface area contributed by atoms with Crippen LogP contribution in [0.2, 0.25) is 0 Å². The van der Waals surface area contributed by atoms with Crippen LogP contribution in [0.4, 0.5) is 11.4 Å². The van der Waals surface area contributed by atoms with Gasteiger partial charge in [0.1, 0.15) is 0 Å². The SMILES string of the molecule is CCCN1CCC(Nc2cc(C)c(N)cc2Br)CC1. The first-order chi connectivity index (χ1) is 9.10. The first kappa shape index (κ1) is 14.7. The van der Waals surface area contributed by atoms with E-state index in [0.717, 1.165) is 15.7 Å². The molecule has 1 heterocycles. The third-order valence-electron chi connectivity index (χ3n) is 3.84. The van der Waals surface area contributed by atoms with Gasteiger partial charge in [0.05, 0.1) is 0 Å². The number of piperidine rings is 1. The minimum atomic E-state index is 0.576. The summed E-state index contributed by atoms with van der Waals surface area (Å²) in [5, 5.41) is 3.65. The summed E-state index contributed by atoms with van der Waals surface area (Å²) in [7, 11) is 0. The molecule has 4 heteroatoms. The van der Waals surface area contributed by atoms with Crippen molar-refractivity contribution in [1.82, 2.24) is 4.90 Å². The molecule has 0 amide bonds. The zero-order chi connectivity index (χ0) is 13.8. The summed E-state index contributed by atoms with van der Waals surface area (Å²) in [6.07, 6.45) is 3.69. The Labute approximate surface area is 124 Å². The molecule has 1 saturated heterocycles. The van der Waals surface area contributed by atoms with E-state index in [2.05, 4.69) is 46.1 Å². The summed E-state index contributed by atoms with van der Waals surface area (Å²) in [5.74, 6) is 0. The first-order valence-corrected chi connectivity index (χ1v) is 7.94. The van der Waals surface area contributed by atoms with Crippen molar-refractivity contribution in [2.45, 2.75) is 39.2 Å². The molecule has 0 saturated carbocycles. The van der Waals surface area contributed by atoms with Crippen LogP contribution in [0.15, 0.2) is 16.6 Å². The van der Waals surface area contributed by atoms with Gasteiger partial charge < -0.3 is 16.0 Å². The average molecular weight is 326 g/mol. The van der Waals surface area contributed by atoms with Crippen molar-refractivity contribution in [3.63, 3.8) is 0 Å². The van der Waals surface area contributed by atoms with Crippen LogP contribution in [-0.2, 0) is 0 Å². The second-order valence-electron chi connectivity index (χ2n) is 5.45. The molecule has 1 fully saturated rings. The number of hydrogen-bond acceptors (Lipinski definition) is 3. The van der Waals surface area contributed by atoms with Gasteiger partial charge in [-0.15, -0.1) is 0 Å². The lowest BCUT2D eigenvalue weighted by atomic mass is 10.0. The van der Waals surface area contributed by atoms with Crippen molar-refractivity contribution >= 4 is 27.3 Å². The molecule has 3 nitrogen and oxygen atoms in total. The molecule has 0 atom stereocenters. The Balaban J connectivity index is 1.94. The Kier molecular flexibility index (Phi) is 5.11. The quantitative estimate of drug-likeness (QED) is 0.830. The van der Waals surface area contributed by atoms with Crippen LogP contribution in [0.1, 0.15) is 31.7 Å². The van der Waals surface area contributed by atoms with E-state index in [9.17, 15) is 0 Å². The Morgan fingerprint density at radius 1 is 1.37 bits per heavy atom. The van der Waals surface area contributed by atoms with Crippen LogP contribution < -0.4 is 11.1 Å². The van der Waals surface area contributed by atoms with Gasteiger partial charge in [-0.25, -0.2) is 0 Å². The van der Waals surface area contributed by atoms with E-state index >= 15 is 0 Å². The number of anilines is 2. The molecule has 106 valence electrons. The lowest BCUT2D eigenvalue weighted by molar-refractivity contribution is 0.219. The predicted octanol–water partition coefficient (Wildman–Crippen LogP) is 3.63. The average Bonchev–Trinajstić information content (AvgIpc) is 2.38. The number of hydrogen-bond donors (Lipinski definition) is 2. The van der Waals surface area contributed by atoms with E-state index < -0.39 is 0 Å². The highest BCUT2D eigenvalue weighted by atomic mass is 79.9. The predicted molar refractivity (Wildman–Crippen MR) is 86.7 cm³/mol. The van der Waals surface area contributed by atoms with Crippen LogP contribution in [-0.4, -0.2) is 30.6 Å². The van der Waals surface area contributed by atoms with Gasteiger partial charge in [-0.05, 0) is 66.4 Å². The van der Waals surface area contributed by atoms with Crippen LogP contribution in [0, 0.1) is 6.92 Å². The highest BCUT2D eigenvalue weighted by Crippen LogP contribution is 2.29. The number of benzene rings is 1. The van der Waals surface area contributed by atoms with E-state index in [0.29, 0.717) is 6.04 Å². The van der Waals surface area contributed by atoms with Gasteiger partial charge in [-0.1, -0.05) is 6.92 Å². The third kappa shape index (κ3) is 3.86. The van der Waals surface area contributed by atoms with E-state index in [4.69, 9.17) is 5.73 Å². The smallest absolute Gasteiger partial charge is 0.0490 e. The molecule has 1 aromatic carbocycles. The molecule has 0 bridgehead atoms. The Bertz CT molecular complexity index is 426. The Hall–Kier alpha value is -0.740. The number of nitrogens with zero attached hydrogens (tertiary/aromatic N) is 1. The van der Waals surface area contributed by atoms with Crippen LogP contribution in [0.5, 0.6) is 0 Å². The number of nitrogens with one attached hydrogen (secondary N) is 1. The van der Waals surface area contributed by atoms with Crippen molar-refractivity contribution in [2.24, 2.45) is 0 Å². The minimum Gasteiger partial charge on any atom is -0.398 e. The molecule has 0 aromatic heterocycles. The molecular weight excluding hydrogens is 302 g/mol. The molecule has 2 rings (SSSR count). The number of halogens is 1. The summed E-state index contributed by atoms with van der Waals surface area (Å²) in [5.41, 5.74) is 9.05. The second kappa shape index (κ2) is 6.62. The van der Waals surface area contributed by atoms with Gasteiger partial charge in [-0.2, -0.15) is 0 Å². The monoisotopic (exact) mass is 325 g/mol. The highest BCUT2D eigenvalue weighted by Gasteiger charge is 2.19. The van der Waals surface area contributed by atoms with Crippen molar-refractivity contribution < 1.29 is 0 Å². The number of nitrogen functional groups attached to an aromatic ring is 1. The van der Waals surface area contributed by atoms with Gasteiger partial charge >= 0.3 is 0 Å². The van der Waals surface area contributed by atoms with Gasteiger partial charge in [-0.3, -0.25) is 0 Å². The minimum absolute atomic E-state index is 0.576. The van der Waals surface area contributed by atoms with Crippen molar-refractivity contribution in [2.75, 3.05) is 30.7 Å². The van der Waals surface area contributed by atoms with Gasteiger partial charge in [0.2, 0.25) is 0 Å². The summed E-state index contributed by atoms with van der Waals surface area (Å²) < 4.78 is 1.06. The Morgan fingerprint density at radius 2 is 2.05 bits per heavy atom. The summed E-state index contributed by atoms with van der Waals surface area (Å²) in [4.78, 5) is 2.56. The lowest BCUT2D eigenvalue weighted by Gasteiger charge is -2.33. The molecule has 1 aliphatic heterocycles. The zero-order valence-corrected chi connectivity index (χ0v) is 13.5. The van der Waals surface area contributed by atoms with E-state index in [-0.39, 0.29) is 0 Å². The lowest BCUT2D eigenvalue weighted by Crippen LogP contribution is -2.39. The van der Waals surface area contributed by atoms with Crippen molar-refractivity contribution in [3.05, 3.63) is 22.2 Å². The molecule has 3 N–H and O–H groups in total. The number of nitrogens with two attached hydrogens (primary N) is 1. The number of likely N-dealkylation sites (tertiary alicyclic amines) is 1. The van der Waals surface area contributed by atoms with E-state index in [1.54, 1.807) is 0 Å². The fraction of sp³-hybridized carbons (Fsp3) is 0.600. The summed E-state index contributed by atoms with van der Waals surface area (Å²) >= 11 is 3.59. The van der Waals surface area contributed by atoms with E-state index in [1.807, 2.05) is 6.07 Å². The molecule has 1 aromatic rings. The van der Waals surface area contributed by atoms with Gasteiger partial charge in [0, 0.05) is 35.0 Å². The zero-order valence-electron chi connectivity index (χ0n) is 11.9. The maximum absolute atomic E-state index is 5.91. The number of aryl methyl sites for hydroxylation is 1. The largest absolute Gasteiger partial charge is 0.398 e. The molecule has 0 aliphatic carbocycles. The van der Waals surface area contributed by atoms with Crippen LogP contribution in [0.3, 0.4) is 0 Å². The van der Waals surface area contributed by atoms with Crippen LogP contribution >= 0.6 is 15.9 Å². The normalized spacial score (nSPS) is 17.6. The fourth-order valence-corrected chi connectivity index (χ4v) is 3.12.